The van der Waals surface area contributed by atoms with E-state index in [-0.39, 0.29) is 18.6 Å². The van der Waals surface area contributed by atoms with Gasteiger partial charge in [-0.3, -0.25) is 9.59 Å². The number of hydrogen-bond donors (Lipinski definition) is 2. The number of fused-ring (bicyclic) bond motifs is 1. The Morgan fingerprint density at radius 1 is 1.35 bits per heavy atom. The molecule has 0 aliphatic carbocycles. The number of aromatic nitrogens is 2. The van der Waals surface area contributed by atoms with E-state index < -0.39 is 28.6 Å². The van der Waals surface area contributed by atoms with Crippen LogP contribution >= 0.6 is 0 Å². The average Bonchev–Trinajstić information content (AvgIpc) is 2.41. The van der Waals surface area contributed by atoms with E-state index in [9.17, 15) is 18.8 Å². The van der Waals surface area contributed by atoms with E-state index >= 15 is 0 Å². The van der Waals surface area contributed by atoms with Gasteiger partial charge in [0.1, 0.15) is 11.4 Å². The van der Waals surface area contributed by atoms with Gasteiger partial charge in [-0.2, -0.15) is 0 Å². The number of aromatic amines is 1. The molecule has 23 heavy (non-hydrogen) atoms. The van der Waals surface area contributed by atoms with E-state index in [4.69, 9.17) is 4.74 Å². The standard InChI is InChI=1S/C15H18FN3O4/c1-15(2,3)23-14(22)17-6-7-19-11-5-4-9(16)8-10(11)18-12(20)13(19)21/h4-5,8H,6-7H2,1-3H3,(H,17,22)(H,18,20). The van der Waals surface area contributed by atoms with E-state index in [1.54, 1.807) is 20.8 Å². The molecule has 0 unspecified atom stereocenters. The van der Waals surface area contributed by atoms with Crippen LogP contribution in [0.4, 0.5) is 9.18 Å². The van der Waals surface area contributed by atoms with Gasteiger partial charge in [-0.05, 0) is 39.0 Å². The SMILES string of the molecule is CC(C)(C)OC(=O)NCCn1c(=O)c(=O)[nH]c2cc(F)ccc21. The molecular weight excluding hydrogens is 305 g/mol. The minimum atomic E-state index is -0.847. The number of rotatable bonds is 3. The molecule has 2 N–H and O–H groups in total. The summed E-state index contributed by atoms with van der Waals surface area (Å²) in [6.07, 6.45) is -0.620. The van der Waals surface area contributed by atoms with Crippen molar-refractivity contribution in [2.45, 2.75) is 32.9 Å². The van der Waals surface area contributed by atoms with Crippen molar-refractivity contribution in [3.8, 4) is 0 Å². The second-order valence-electron chi connectivity index (χ2n) is 6.00. The fraction of sp³-hybridized carbons (Fsp3) is 0.400. The van der Waals surface area contributed by atoms with Crippen LogP contribution in [0.15, 0.2) is 27.8 Å². The van der Waals surface area contributed by atoms with Crippen LogP contribution in [0.25, 0.3) is 11.0 Å². The Hall–Kier alpha value is -2.64. The lowest BCUT2D eigenvalue weighted by Gasteiger charge is -2.19. The summed E-state index contributed by atoms with van der Waals surface area (Å²) in [5.41, 5.74) is -1.65. The predicted molar refractivity (Wildman–Crippen MR) is 83.0 cm³/mol. The Bertz CT molecular complexity index is 848. The second-order valence-corrected chi connectivity index (χ2v) is 6.00. The molecule has 0 fully saturated rings. The molecule has 7 nitrogen and oxygen atoms in total. The number of ether oxygens (including phenoxy) is 1. The number of nitrogens with zero attached hydrogens (tertiary/aromatic N) is 1. The molecule has 0 atom stereocenters. The van der Waals surface area contributed by atoms with Gasteiger partial charge in [-0.1, -0.05) is 0 Å². The van der Waals surface area contributed by atoms with Crippen molar-refractivity contribution < 1.29 is 13.9 Å². The van der Waals surface area contributed by atoms with Gasteiger partial charge in [0.15, 0.2) is 0 Å². The molecule has 124 valence electrons. The van der Waals surface area contributed by atoms with Crippen molar-refractivity contribution in [2.75, 3.05) is 6.54 Å². The molecule has 2 aromatic rings. The fourth-order valence-corrected chi connectivity index (χ4v) is 2.06. The highest BCUT2D eigenvalue weighted by Crippen LogP contribution is 2.10. The summed E-state index contributed by atoms with van der Waals surface area (Å²) in [5.74, 6) is -0.523. The van der Waals surface area contributed by atoms with Crippen LogP contribution in [0.2, 0.25) is 0 Å². The number of halogens is 1. The lowest BCUT2D eigenvalue weighted by molar-refractivity contribution is 0.0526. The number of carbonyl (C=O) groups is 1. The topological polar surface area (TPSA) is 93.2 Å². The monoisotopic (exact) mass is 323 g/mol. The van der Waals surface area contributed by atoms with Crippen LogP contribution in [-0.2, 0) is 11.3 Å². The van der Waals surface area contributed by atoms with Gasteiger partial charge in [0.25, 0.3) is 0 Å². The molecule has 2 rings (SSSR count). The molecule has 0 aliphatic heterocycles. The van der Waals surface area contributed by atoms with Crippen molar-refractivity contribution >= 4 is 17.1 Å². The molecule has 0 saturated heterocycles. The van der Waals surface area contributed by atoms with Gasteiger partial charge in [-0.15, -0.1) is 0 Å². The maximum atomic E-state index is 13.2. The number of amides is 1. The molecule has 0 saturated carbocycles. The Balaban J connectivity index is 2.20. The first-order chi connectivity index (χ1) is 10.7. The van der Waals surface area contributed by atoms with E-state index in [1.165, 1.54) is 16.7 Å². The molecule has 8 heteroatoms. The van der Waals surface area contributed by atoms with Crippen LogP contribution in [0, 0.1) is 5.82 Å². The zero-order chi connectivity index (χ0) is 17.2. The van der Waals surface area contributed by atoms with E-state index in [1.807, 2.05) is 0 Å². The first-order valence-electron chi connectivity index (χ1n) is 7.06. The smallest absolute Gasteiger partial charge is 0.407 e. The van der Waals surface area contributed by atoms with Crippen molar-refractivity contribution in [1.82, 2.24) is 14.9 Å². The van der Waals surface area contributed by atoms with Crippen LogP contribution < -0.4 is 16.4 Å². The predicted octanol–water partition coefficient (Wildman–Crippen LogP) is 1.35. The summed E-state index contributed by atoms with van der Waals surface area (Å²) in [4.78, 5) is 37.5. The van der Waals surface area contributed by atoms with Gasteiger partial charge >= 0.3 is 17.2 Å². The van der Waals surface area contributed by atoms with Crippen molar-refractivity contribution in [3.05, 3.63) is 44.7 Å². The van der Waals surface area contributed by atoms with Gasteiger partial charge in [-0.25, -0.2) is 9.18 Å². The van der Waals surface area contributed by atoms with E-state index in [0.717, 1.165) is 6.07 Å². The normalized spacial score (nSPS) is 11.5. The van der Waals surface area contributed by atoms with E-state index in [0.29, 0.717) is 5.52 Å². The molecular formula is C15H18FN3O4. The minimum absolute atomic E-state index is 0.0597. The zero-order valence-corrected chi connectivity index (χ0v) is 13.1. The molecule has 0 bridgehead atoms. The maximum Gasteiger partial charge on any atom is 0.407 e. The van der Waals surface area contributed by atoms with Crippen LogP contribution in [-0.4, -0.2) is 27.8 Å². The summed E-state index contributed by atoms with van der Waals surface area (Å²) in [5, 5.41) is 2.50. The third kappa shape index (κ3) is 4.18. The largest absolute Gasteiger partial charge is 0.444 e. The molecule has 1 aromatic carbocycles. The molecule has 1 aromatic heterocycles. The van der Waals surface area contributed by atoms with Gasteiger partial charge < -0.3 is 19.6 Å². The Morgan fingerprint density at radius 2 is 2.04 bits per heavy atom. The molecule has 0 aliphatic rings. The Morgan fingerprint density at radius 3 is 2.70 bits per heavy atom. The number of alkyl carbamates (subject to hydrolysis) is 1. The summed E-state index contributed by atoms with van der Waals surface area (Å²) < 4.78 is 19.5. The molecule has 0 spiro atoms. The third-order valence-electron chi connectivity index (χ3n) is 2.94. The fourth-order valence-electron chi connectivity index (χ4n) is 2.06. The number of carbonyl (C=O) groups excluding carboxylic acids is 1. The average molecular weight is 323 g/mol. The van der Waals surface area contributed by atoms with Gasteiger partial charge in [0.05, 0.1) is 11.0 Å². The van der Waals surface area contributed by atoms with Crippen LogP contribution in [0.1, 0.15) is 20.8 Å². The van der Waals surface area contributed by atoms with Crippen LogP contribution in [0.5, 0.6) is 0 Å². The quantitative estimate of drug-likeness (QED) is 0.834. The first-order valence-corrected chi connectivity index (χ1v) is 7.06. The summed E-state index contributed by atoms with van der Waals surface area (Å²) in [6, 6.07) is 3.72. The number of H-pyrrole nitrogens is 1. The summed E-state index contributed by atoms with van der Waals surface area (Å²) >= 11 is 0. The summed E-state index contributed by atoms with van der Waals surface area (Å²) in [6.45, 7) is 5.34. The minimum Gasteiger partial charge on any atom is -0.444 e. The van der Waals surface area contributed by atoms with Crippen molar-refractivity contribution in [3.63, 3.8) is 0 Å². The highest BCUT2D eigenvalue weighted by atomic mass is 19.1. The van der Waals surface area contributed by atoms with E-state index in [2.05, 4.69) is 10.3 Å². The highest BCUT2D eigenvalue weighted by Gasteiger charge is 2.16. The van der Waals surface area contributed by atoms with Gasteiger partial charge in [0, 0.05) is 13.1 Å². The molecule has 0 radical (unpaired) electrons. The van der Waals surface area contributed by atoms with Gasteiger partial charge in [0.2, 0.25) is 0 Å². The van der Waals surface area contributed by atoms with Crippen molar-refractivity contribution in [1.29, 1.82) is 0 Å². The lowest BCUT2D eigenvalue weighted by atomic mass is 10.2. The summed E-state index contributed by atoms with van der Waals surface area (Å²) in [7, 11) is 0. The highest BCUT2D eigenvalue weighted by molar-refractivity contribution is 5.74. The molecule has 1 heterocycles. The number of nitrogens with one attached hydrogen (secondary N) is 2. The first kappa shape index (κ1) is 16.7. The Labute approximate surface area is 131 Å². The third-order valence-corrected chi connectivity index (χ3v) is 2.94. The maximum absolute atomic E-state index is 13.2. The number of benzene rings is 1. The van der Waals surface area contributed by atoms with Crippen LogP contribution in [0.3, 0.4) is 0 Å². The lowest BCUT2D eigenvalue weighted by Crippen LogP contribution is -2.40. The zero-order valence-electron chi connectivity index (χ0n) is 13.1. The molecule has 1 amide bonds. The Kier molecular flexibility index (Phi) is 4.53. The number of hydrogen-bond acceptors (Lipinski definition) is 4. The second kappa shape index (κ2) is 6.23. The van der Waals surface area contributed by atoms with Crippen molar-refractivity contribution in [2.24, 2.45) is 0 Å².